The number of benzene rings is 1. The molecule has 0 saturated heterocycles. The molecule has 1 heterocycles. The SMILES string of the molecule is C[C@H](N[C@@H](C)CCn1cccn1)c1cccc(Br)c1. The van der Waals surface area contributed by atoms with E-state index in [1.54, 1.807) is 0 Å². The zero-order valence-corrected chi connectivity index (χ0v) is 13.0. The standard InChI is InChI=1S/C15H20BrN3/c1-12(7-10-19-9-4-8-17-19)18-13(2)14-5-3-6-15(16)11-14/h3-6,8-9,11-13,18H,7,10H2,1-2H3/t12-,13-/m0/s1. The van der Waals surface area contributed by atoms with Crippen LogP contribution in [0.1, 0.15) is 31.9 Å². The molecule has 0 aliphatic rings. The summed E-state index contributed by atoms with van der Waals surface area (Å²) in [6, 6.07) is 11.2. The van der Waals surface area contributed by atoms with Crippen LogP contribution in [-0.4, -0.2) is 15.8 Å². The molecule has 0 unspecified atom stereocenters. The maximum absolute atomic E-state index is 4.22. The average Bonchev–Trinajstić information content (AvgIpc) is 2.89. The smallest absolute Gasteiger partial charge is 0.0489 e. The number of nitrogens with one attached hydrogen (secondary N) is 1. The Hall–Kier alpha value is -1.13. The first-order valence-electron chi connectivity index (χ1n) is 6.64. The van der Waals surface area contributed by atoms with Gasteiger partial charge in [-0.1, -0.05) is 28.1 Å². The molecule has 0 saturated carbocycles. The molecule has 1 aromatic carbocycles. The zero-order valence-electron chi connectivity index (χ0n) is 11.4. The molecule has 102 valence electrons. The third kappa shape index (κ3) is 4.48. The first-order valence-corrected chi connectivity index (χ1v) is 7.43. The number of hydrogen-bond acceptors (Lipinski definition) is 2. The Morgan fingerprint density at radius 1 is 1.32 bits per heavy atom. The number of aromatic nitrogens is 2. The van der Waals surface area contributed by atoms with E-state index in [-0.39, 0.29) is 0 Å². The van der Waals surface area contributed by atoms with Crippen molar-refractivity contribution in [2.45, 2.75) is 38.9 Å². The molecule has 0 fully saturated rings. The van der Waals surface area contributed by atoms with Gasteiger partial charge < -0.3 is 5.32 Å². The lowest BCUT2D eigenvalue weighted by atomic mass is 10.1. The largest absolute Gasteiger partial charge is 0.308 e. The molecule has 0 amide bonds. The monoisotopic (exact) mass is 321 g/mol. The minimum atomic E-state index is 0.352. The van der Waals surface area contributed by atoms with E-state index in [1.807, 2.05) is 23.1 Å². The van der Waals surface area contributed by atoms with Crippen LogP contribution < -0.4 is 5.32 Å². The van der Waals surface area contributed by atoms with Gasteiger partial charge in [0.25, 0.3) is 0 Å². The van der Waals surface area contributed by atoms with Gasteiger partial charge in [0.2, 0.25) is 0 Å². The Kier molecular flexibility index (Phi) is 5.16. The topological polar surface area (TPSA) is 29.9 Å². The molecule has 2 atom stereocenters. The van der Waals surface area contributed by atoms with E-state index in [0.29, 0.717) is 12.1 Å². The first-order chi connectivity index (χ1) is 9.15. The van der Waals surface area contributed by atoms with Crippen LogP contribution in [0.5, 0.6) is 0 Å². The summed E-state index contributed by atoms with van der Waals surface area (Å²) in [6.45, 7) is 5.37. The van der Waals surface area contributed by atoms with Crippen molar-refractivity contribution in [3.05, 3.63) is 52.8 Å². The third-order valence-corrected chi connectivity index (χ3v) is 3.73. The van der Waals surface area contributed by atoms with E-state index in [1.165, 1.54) is 5.56 Å². The molecule has 0 aliphatic heterocycles. The third-order valence-electron chi connectivity index (χ3n) is 3.23. The highest BCUT2D eigenvalue weighted by Gasteiger charge is 2.09. The van der Waals surface area contributed by atoms with Crippen LogP contribution in [0, 0.1) is 0 Å². The lowest BCUT2D eigenvalue weighted by Gasteiger charge is -2.20. The van der Waals surface area contributed by atoms with Gasteiger partial charge in [-0.25, -0.2) is 0 Å². The number of nitrogens with zero attached hydrogens (tertiary/aromatic N) is 2. The zero-order chi connectivity index (χ0) is 13.7. The van der Waals surface area contributed by atoms with Gasteiger partial charge in [0.1, 0.15) is 0 Å². The van der Waals surface area contributed by atoms with E-state index in [2.05, 4.69) is 64.5 Å². The minimum Gasteiger partial charge on any atom is -0.308 e. The molecule has 19 heavy (non-hydrogen) atoms. The predicted octanol–water partition coefficient (Wildman–Crippen LogP) is 3.78. The molecule has 0 aliphatic carbocycles. The van der Waals surface area contributed by atoms with Crippen LogP contribution in [0.15, 0.2) is 47.2 Å². The van der Waals surface area contributed by atoms with E-state index in [4.69, 9.17) is 0 Å². The van der Waals surface area contributed by atoms with Crippen molar-refractivity contribution < 1.29 is 0 Å². The molecule has 2 aromatic rings. The molecular weight excluding hydrogens is 302 g/mol. The molecule has 0 spiro atoms. The van der Waals surface area contributed by atoms with Gasteiger partial charge >= 0.3 is 0 Å². The summed E-state index contributed by atoms with van der Waals surface area (Å²) in [5.74, 6) is 0. The summed E-state index contributed by atoms with van der Waals surface area (Å²) < 4.78 is 3.10. The van der Waals surface area contributed by atoms with Crippen molar-refractivity contribution in [3.63, 3.8) is 0 Å². The van der Waals surface area contributed by atoms with Gasteiger partial charge in [0.15, 0.2) is 0 Å². The Bertz CT molecular complexity index is 496. The Morgan fingerprint density at radius 3 is 2.84 bits per heavy atom. The van der Waals surface area contributed by atoms with Crippen molar-refractivity contribution in [3.8, 4) is 0 Å². The fourth-order valence-corrected chi connectivity index (χ4v) is 2.56. The van der Waals surface area contributed by atoms with E-state index in [9.17, 15) is 0 Å². The van der Waals surface area contributed by atoms with Crippen molar-refractivity contribution in [1.29, 1.82) is 0 Å². The molecule has 0 bridgehead atoms. The van der Waals surface area contributed by atoms with E-state index in [0.717, 1.165) is 17.4 Å². The van der Waals surface area contributed by atoms with Crippen LogP contribution in [-0.2, 0) is 6.54 Å². The fourth-order valence-electron chi connectivity index (χ4n) is 2.14. The van der Waals surface area contributed by atoms with Gasteiger partial charge in [0.05, 0.1) is 0 Å². The van der Waals surface area contributed by atoms with Crippen LogP contribution in [0.25, 0.3) is 0 Å². The molecule has 4 heteroatoms. The summed E-state index contributed by atoms with van der Waals surface area (Å²) in [5.41, 5.74) is 1.31. The molecule has 2 rings (SSSR count). The van der Waals surface area contributed by atoms with Gasteiger partial charge in [0, 0.05) is 35.5 Å². The lowest BCUT2D eigenvalue weighted by molar-refractivity contribution is 0.421. The second kappa shape index (κ2) is 6.87. The molecule has 1 aromatic heterocycles. The number of aryl methyl sites for hydroxylation is 1. The minimum absolute atomic E-state index is 0.352. The average molecular weight is 322 g/mol. The Balaban J connectivity index is 1.83. The lowest BCUT2D eigenvalue weighted by Crippen LogP contribution is -2.30. The van der Waals surface area contributed by atoms with Crippen LogP contribution in [0.3, 0.4) is 0 Å². The van der Waals surface area contributed by atoms with Crippen molar-refractivity contribution >= 4 is 15.9 Å². The van der Waals surface area contributed by atoms with E-state index >= 15 is 0 Å². The first kappa shape index (κ1) is 14.3. The van der Waals surface area contributed by atoms with Gasteiger partial charge in [-0.15, -0.1) is 0 Å². The fraction of sp³-hybridized carbons (Fsp3) is 0.400. The molecule has 1 N–H and O–H groups in total. The maximum atomic E-state index is 4.22. The van der Waals surface area contributed by atoms with Gasteiger partial charge in [-0.2, -0.15) is 5.10 Å². The van der Waals surface area contributed by atoms with Crippen molar-refractivity contribution in [1.82, 2.24) is 15.1 Å². The quantitative estimate of drug-likeness (QED) is 0.877. The summed E-state index contributed by atoms with van der Waals surface area (Å²) >= 11 is 3.51. The highest BCUT2D eigenvalue weighted by molar-refractivity contribution is 9.10. The van der Waals surface area contributed by atoms with Crippen LogP contribution in [0.4, 0.5) is 0 Å². The number of rotatable bonds is 6. The molecule has 3 nitrogen and oxygen atoms in total. The molecular formula is C15H20BrN3. The number of hydrogen-bond donors (Lipinski definition) is 1. The summed E-state index contributed by atoms with van der Waals surface area (Å²) in [5, 5.41) is 7.84. The highest BCUT2D eigenvalue weighted by Crippen LogP contribution is 2.18. The normalized spacial score (nSPS) is 14.3. The predicted molar refractivity (Wildman–Crippen MR) is 82.0 cm³/mol. The Labute approximate surface area is 123 Å². The van der Waals surface area contributed by atoms with Crippen molar-refractivity contribution in [2.24, 2.45) is 0 Å². The summed E-state index contributed by atoms with van der Waals surface area (Å²) in [6.07, 6.45) is 4.90. The van der Waals surface area contributed by atoms with Gasteiger partial charge in [-0.3, -0.25) is 4.68 Å². The van der Waals surface area contributed by atoms with E-state index < -0.39 is 0 Å². The van der Waals surface area contributed by atoms with Gasteiger partial charge in [-0.05, 0) is 44.0 Å². The summed E-state index contributed by atoms with van der Waals surface area (Å²) in [7, 11) is 0. The second-order valence-corrected chi connectivity index (χ2v) is 5.82. The van der Waals surface area contributed by atoms with Crippen molar-refractivity contribution in [2.75, 3.05) is 0 Å². The van der Waals surface area contributed by atoms with Crippen LogP contribution in [0.2, 0.25) is 0 Å². The maximum Gasteiger partial charge on any atom is 0.0489 e. The second-order valence-electron chi connectivity index (χ2n) is 4.90. The number of halogens is 1. The highest BCUT2D eigenvalue weighted by atomic mass is 79.9. The van der Waals surface area contributed by atoms with Crippen LogP contribution >= 0.6 is 15.9 Å². The summed E-state index contributed by atoms with van der Waals surface area (Å²) in [4.78, 5) is 0. The Morgan fingerprint density at radius 2 is 2.16 bits per heavy atom. The molecule has 0 radical (unpaired) electrons.